The first-order valence-electron chi connectivity index (χ1n) is 9.12. The third kappa shape index (κ3) is 4.20. The monoisotopic (exact) mass is 445 g/mol. The highest BCUT2D eigenvalue weighted by Gasteiger charge is 2.28. The Bertz CT molecular complexity index is 1110. The first kappa shape index (κ1) is 20.4. The summed E-state index contributed by atoms with van der Waals surface area (Å²) in [4.78, 5) is 30.9. The summed E-state index contributed by atoms with van der Waals surface area (Å²) in [5.74, 6) is 0.505. The number of aromatic nitrogens is 1. The Morgan fingerprint density at radius 1 is 1.37 bits per heavy atom. The first-order chi connectivity index (χ1) is 14.4. The van der Waals surface area contributed by atoms with Crippen LogP contribution in [0.25, 0.3) is 0 Å². The van der Waals surface area contributed by atoms with Gasteiger partial charge in [0.15, 0.2) is 0 Å². The molecule has 3 aromatic rings. The molecule has 9 heteroatoms. The molecule has 4 rings (SSSR count). The number of anilines is 1. The number of carbonyl (C=O) groups is 2. The van der Waals surface area contributed by atoms with E-state index < -0.39 is 5.82 Å². The zero-order valence-corrected chi connectivity index (χ0v) is 17.5. The predicted molar refractivity (Wildman–Crippen MR) is 112 cm³/mol. The van der Waals surface area contributed by atoms with Crippen molar-refractivity contribution in [2.75, 3.05) is 10.7 Å². The Morgan fingerprint density at radius 3 is 2.93 bits per heavy atom. The fourth-order valence-electron chi connectivity index (χ4n) is 3.08. The van der Waals surface area contributed by atoms with E-state index in [1.165, 1.54) is 35.0 Å². The molecule has 1 aliphatic rings. The predicted octanol–water partition coefficient (Wildman–Crippen LogP) is 4.34. The minimum Gasteiger partial charge on any atom is -0.465 e. The second-order valence-corrected chi connectivity index (χ2v) is 8.08. The van der Waals surface area contributed by atoms with Gasteiger partial charge in [0.05, 0.1) is 30.1 Å². The van der Waals surface area contributed by atoms with Crippen LogP contribution in [0, 0.1) is 12.7 Å². The van der Waals surface area contributed by atoms with Gasteiger partial charge < -0.3 is 14.6 Å². The van der Waals surface area contributed by atoms with Crippen LogP contribution < -0.4 is 10.2 Å². The van der Waals surface area contributed by atoms with Crippen LogP contribution in [0.15, 0.2) is 52.0 Å². The second-order valence-electron chi connectivity index (χ2n) is 6.71. The van der Waals surface area contributed by atoms with Gasteiger partial charge in [-0.3, -0.25) is 9.59 Å². The van der Waals surface area contributed by atoms with Crippen LogP contribution in [0.1, 0.15) is 27.4 Å². The summed E-state index contributed by atoms with van der Waals surface area (Å²) in [6, 6.07) is 9.57. The van der Waals surface area contributed by atoms with Crippen molar-refractivity contribution in [2.45, 2.75) is 25.0 Å². The van der Waals surface area contributed by atoms with Crippen LogP contribution in [-0.4, -0.2) is 22.6 Å². The van der Waals surface area contributed by atoms with Crippen LogP contribution in [0.4, 0.5) is 10.1 Å². The molecule has 0 spiro atoms. The molecular weight excluding hydrogens is 429 g/mol. The fourth-order valence-corrected chi connectivity index (χ4v) is 4.16. The zero-order chi connectivity index (χ0) is 21.3. The average molecular weight is 446 g/mol. The Morgan fingerprint density at radius 2 is 2.20 bits per heavy atom. The molecule has 0 saturated heterocycles. The van der Waals surface area contributed by atoms with Gasteiger partial charge >= 0.3 is 0 Å². The summed E-state index contributed by atoms with van der Waals surface area (Å²) in [7, 11) is 0. The molecule has 1 N–H and O–H groups in total. The quantitative estimate of drug-likeness (QED) is 0.632. The lowest BCUT2D eigenvalue weighted by Gasteiger charge is -2.29. The number of pyridine rings is 1. The smallest absolute Gasteiger partial charge is 0.253 e. The van der Waals surface area contributed by atoms with Gasteiger partial charge in [0.25, 0.3) is 5.91 Å². The van der Waals surface area contributed by atoms with Crippen molar-refractivity contribution in [1.82, 2.24) is 10.3 Å². The Labute approximate surface area is 181 Å². The minimum absolute atomic E-state index is 0.0453. The SMILES string of the molecule is Cc1ccc(CNC(=O)c2cnc3c(c2)N(Cc2c(F)cccc2Cl)C(=O)CS3)o1. The summed E-state index contributed by atoms with van der Waals surface area (Å²) in [5, 5.41) is 3.60. The van der Waals surface area contributed by atoms with E-state index in [4.69, 9.17) is 16.0 Å². The van der Waals surface area contributed by atoms with Gasteiger partial charge in [-0.15, -0.1) is 0 Å². The van der Waals surface area contributed by atoms with Crippen LogP contribution in [0.2, 0.25) is 5.02 Å². The lowest BCUT2D eigenvalue weighted by atomic mass is 10.1. The molecule has 0 aliphatic carbocycles. The summed E-state index contributed by atoms with van der Waals surface area (Å²) in [5.41, 5.74) is 0.961. The van der Waals surface area contributed by atoms with E-state index in [1.807, 2.05) is 13.0 Å². The number of nitrogens with zero attached hydrogens (tertiary/aromatic N) is 2. The standard InChI is InChI=1S/C21H17ClFN3O3S/c1-12-5-6-14(29-12)9-24-20(28)13-7-18-21(25-8-13)30-11-19(27)26(18)10-15-16(22)3-2-4-17(15)23/h2-8H,9-11H2,1H3,(H,24,28). The van der Waals surface area contributed by atoms with E-state index in [1.54, 1.807) is 18.2 Å². The fraction of sp³-hybridized carbons (Fsp3) is 0.190. The van der Waals surface area contributed by atoms with Crippen molar-refractivity contribution in [3.63, 3.8) is 0 Å². The molecule has 3 heterocycles. The van der Waals surface area contributed by atoms with E-state index in [9.17, 15) is 14.0 Å². The molecule has 0 atom stereocenters. The second kappa shape index (κ2) is 8.49. The minimum atomic E-state index is -0.495. The zero-order valence-electron chi connectivity index (χ0n) is 15.9. The van der Waals surface area contributed by atoms with Gasteiger partial charge in [-0.25, -0.2) is 9.37 Å². The van der Waals surface area contributed by atoms with Gasteiger partial charge in [0.1, 0.15) is 22.4 Å². The number of nitrogens with one attached hydrogen (secondary N) is 1. The number of hydrogen-bond acceptors (Lipinski definition) is 5. The number of fused-ring (bicyclic) bond motifs is 1. The topological polar surface area (TPSA) is 75.4 Å². The highest BCUT2D eigenvalue weighted by atomic mass is 35.5. The van der Waals surface area contributed by atoms with E-state index in [-0.39, 0.29) is 46.8 Å². The van der Waals surface area contributed by atoms with E-state index in [0.29, 0.717) is 16.5 Å². The Kier molecular flexibility index (Phi) is 5.78. The van der Waals surface area contributed by atoms with Crippen molar-refractivity contribution in [1.29, 1.82) is 0 Å². The summed E-state index contributed by atoms with van der Waals surface area (Å²) in [6.07, 6.45) is 1.46. The highest BCUT2D eigenvalue weighted by molar-refractivity contribution is 8.00. The van der Waals surface area contributed by atoms with Crippen LogP contribution >= 0.6 is 23.4 Å². The van der Waals surface area contributed by atoms with Gasteiger partial charge in [-0.2, -0.15) is 0 Å². The molecular formula is C21H17ClFN3O3S. The summed E-state index contributed by atoms with van der Waals surface area (Å²) in [6.45, 7) is 2.01. The molecule has 154 valence electrons. The molecule has 2 aromatic heterocycles. The average Bonchev–Trinajstić information content (AvgIpc) is 3.15. The number of carbonyl (C=O) groups excluding carboxylic acids is 2. The molecule has 1 aromatic carbocycles. The normalized spacial score (nSPS) is 13.3. The van der Waals surface area contributed by atoms with Crippen LogP contribution in [0.3, 0.4) is 0 Å². The Balaban J connectivity index is 1.59. The first-order valence-corrected chi connectivity index (χ1v) is 10.5. The molecule has 30 heavy (non-hydrogen) atoms. The van der Waals surface area contributed by atoms with Crippen LogP contribution in [0.5, 0.6) is 0 Å². The summed E-state index contributed by atoms with van der Waals surface area (Å²) < 4.78 is 19.7. The van der Waals surface area contributed by atoms with Crippen LogP contribution in [-0.2, 0) is 17.9 Å². The molecule has 0 fully saturated rings. The van der Waals surface area contributed by atoms with Gasteiger partial charge in [-0.05, 0) is 37.3 Å². The lowest BCUT2D eigenvalue weighted by molar-refractivity contribution is -0.116. The number of rotatable bonds is 5. The van der Waals surface area contributed by atoms with Gasteiger partial charge in [0, 0.05) is 16.8 Å². The number of amides is 2. The number of thioether (sulfide) groups is 1. The molecule has 1 aliphatic heterocycles. The van der Waals surface area contributed by atoms with Crippen molar-refractivity contribution in [2.24, 2.45) is 0 Å². The molecule has 0 radical (unpaired) electrons. The molecule has 0 bridgehead atoms. The number of halogens is 2. The molecule has 2 amide bonds. The van der Waals surface area contributed by atoms with E-state index in [0.717, 1.165) is 5.76 Å². The van der Waals surface area contributed by atoms with Gasteiger partial charge in [0.2, 0.25) is 5.91 Å². The number of hydrogen-bond donors (Lipinski definition) is 1. The van der Waals surface area contributed by atoms with Crippen molar-refractivity contribution >= 4 is 40.9 Å². The largest absolute Gasteiger partial charge is 0.465 e. The number of benzene rings is 1. The van der Waals surface area contributed by atoms with Crippen molar-refractivity contribution in [3.8, 4) is 0 Å². The van der Waals surface area contributed by atoms with E-state index >= 15 is 0 Å². The van der Waals surface area contributed by atoms with E-state index in [2.05, 4.69) is 10.3 Å². The maximum atomic E-state index is 14.3. The van der Waals surface area contributed by atoms with Gasteiger partial charge in [-0.1, -0.05) is 29.4 Å². The van der Waals surface area contributed by atoms with Crippen molar-refractivity contribution in [3.05, 3.63) is 76.1 Å². The molecule has 0 saturated carbocycles. The van der Waals surface area contributed by atoms with Crippen molar-refractivity contribution < 1.29 is 18.4 Å². The third-order valence-electron chi connectivity index (χ3n) is 4.62. The number of aryl methyl sites for hydroxylation is 1. The lowest BCUT2D eigenvalue weighted by Crippen LogP contribution is -2.36. The molecule has 6 nitrogen and oxygen atoms in total. The maximum Gasteiger partial charge on any atom is 0.253 e. The Hall–Kier alpha value is -2.84. The third-order valence-corrected chi connectivity index (χ3v) is 5.95. The maximum absolute atomic E-state index is 14.3. The highest BCUT2D eigenvalue weighted by Crippen LogP contribution is 2.36. The molecule has 0 unspecified atom stereocenters. The summed E-state index contributed by atoms with van der Waals surface area (Å²) >= 11 is 7.41. The number of furan rings is 1.